The average Bonchev–Trinajstić information content (AvgIpc) is 1.68. The second kappa shape index (κ2) is 3.93. The van der Waals surface area contributed by atoms with Crippen LogP contribution in [0.1, 0.15) is 19.8 Å². The second-order valence-electron chi connectivity index (χ2n) is 1.27. The summed E-state index contributed by atoms with van der Waals surface area (Å²) in [6.07, 6.45) is 1.36. The maximum Gasteiger partial charge on any atom is 0.234 e. The van der Waals surface area contributed by atoms with Gasteiger partial charge in [0.25, 0.3) is 0 Å². The first kappa shape index (κ1) is 6.76. The van der Waals surface area contributed by atoms with E-state index in [9.17, 15) is 4.79 Å². The van der Waals surface area contributed by atoms with Crippen LogP contribution in [0.25, 0.3) is 0 Å². The largest absolute Gasteiger partial charge is 0.274 e. The molecule has 0 heterocycles. The molecule has 0 spiro atoms. The predicted molar refractivity (Wildman–Crippen MR) is 28.9 cm³/mol. The summed E-state index contributed by atoms with van der Waals surface area (Å²) in [5, 5.41) is 0. The fourth-order valence-corrected chi connectivity index (χ4v) is 0.369. The standard InChI is InChI=1S/C4H8ClNO/c1-2-3-4(7)6-5/h2-3H2,1H3,(H,6,7). The molecule has 0 radical (unpaired) electrons. The van der Waals surface area contributed by atoms with E-state index in [0.29, 0.717) is 6.42 Å². The number of amides is 1. The Hall–Kier alpha value is -0.240. The lowest BCUT2D eigenvalue weighted by Gasteiger charge is -1.88. The highest BCUT2D eigenvalue weighted by molar-refractivity contribution is 6.21. The van der Waals surface area contributed by atoms with Crippen LogP contribution in [0.15, 0.2) is 0 Å². The van der Waals surface area contributed by atoms with Crippen molar-refractivity contribution < 1.29 is 4.79 Å². The van der Waals surface area contributed by atoms with Gasteiger partial charge in [-0.2, -0.15) is 0 Å². The van der Waals surface area contributed by atoms with Crippen LogP contribution in [0.5, 0.6) is 0 Å². The molecule has 0 aliphatic heterocycles. The molecular weight excluding hydrogens is 114 g/mol. The lowest BCUT2D eigenvalue weighted by Crippen LogP contribution is -2.10. The van der Waals surface area contributed by atoms with Crippen molar-refractivity contribution in [2.75, 3.05) is 0 Å². The summed E-state index contributed by atoms with van der Waals surface area (Å²) in [7, 11) is 0. The molecule has 3 heteroatoms. The van der Waals surface area contributed by atoms with Crippen molar-refractivity contribution in [3.63, 3.8) is 0 Å². The van der Waals surface area contributed by atoms with E-state index in [1.54, 1.807) is 0 Å². The van der Waals surface area contributed by atoms with Gasteiger partial charge in [-0.3, -0.25) is 9.63 Å². The van der Waals surface area contributed by atoms with Crippen LogP contribution in [0, 0.1) is 0 Å². The maximum absolute atomic E-state index is 10.2. The first-order valence-corrected chi connectivity index (χ1v) is 2.58. The van der Waals surface area contributed by atoms with Crippen LogP contribution < -0.4 is 4.84 Å². The average molecular weight is 122 g/mol. The Morgan fingerprint density at radius 3 is 2.57 bits per heavy atom. The van der Waals surface area contributed by atoms with Crippen molar-refractivity contribution in [2.24, 2.45) is 0 Å². The number of nitrogens with one attached hydrogen (secondary N) is 1. The Kier molecular flexibility index (Phi) is 3.80. The van der Waals surface area contributed by atoms with Crippen LogP contribution in [0.2, 0.25) is 0 Å². The number of carbonyl (C=O) groups is 1. The number of hydrogen-bond acceptors (Lipinski definition) is 1. The first-order valence-electron chi connectivity index (χ1n) is 2.20. The number of rotatable bonds is 2. The number of carbonyl (C=O) groups excluding carboxylic acids is 1. The molecule has 1 N–H and O–H groups in total. The van der Waals surface area contributed by atoms with E-state index < -0.39 is 0 Å². The van der Waals surface area contributed by atoms with Gasteiger partial charge in [-0.1, -0.05) is 6.92 Å². The molecule has 0 aliphatic rings. The third-order valence-electron chi connectivity index (χ3n) is 0.582. The molecule has 0 fully saturated rings. The second-order valence-corrected chi connectivity index (χ2v) is 1.46. The Balaban J connectivity index is 3.00. The molecule has 0 rings (SSSR count). The van der Waals surface area contributed by atoms with E-state index in [1.807, 2.05) is 11.8 Å². The summed E-state index contributed by atoms with van der Waals surface area (Å²) in [5.74, 6) is -0.107. The van der Waals surface area contributed by atoms with Crippen molar-refractivity contribution in [3.05, 3.63) is 0 Å². The molecule has 0 atom stereocenters. The molecule has 0 saturated carbocycles. The van der Waals surface area contributed by atoms with Crippen molar-refractivity contribution >= 4 is 17.7 Å². The Morgan fingerprint density at radius 1 is 1.86 bits per heavy atom. The fourth-order valence-electron chi connectivity index (χ4n) is 0.274. The van der Waals surface area contributed by atoms with E-state index in [-0.39, 0.29) is 5.91 Å². The minimum absolute atomic E-state index is 0.107. The Labute approximate surface area is 48.0 Å². The lowest BCUT2D eigenvalue weighted by atomic mass is 10.3. The zero-order chi connectivity index (χ0) is 5.70. The summed E-state index contributed by atoms with van der Waals surface area (Å²) < 4.78 is 0. The molecule has 0 aliphatic carbocycles. The van der Waals surface area contributed by atoms with Gasteiger partial charge in [0.05, 0.1) is 0 Å². The van der Waals surface area contributed by atoms with Crippen LogP contribution >= 0.6 is 11.8 Å². The van der Waals surface area contributed by atoms with Crippen LogP contribution in [0.4, 0.5) is 0 Å². The highest BCUT2D eigenvalue weighted by Crippen LogP contribution is 1.84. The molecule has 0 aromatic carbocycles. The third-order valence-corrected chi connectivity index (χ3v) is 0.793. The quantitative estimate of drug-likeness (QED) is 0.544. The van der Waals surface area contributed by atoms with E-state index in [0.717, 1.165) is 6.42 Å². The van der Waals surface area contributed by atoms with Gasteiger partial charge >= 0.3 is 0 Å². The van der Waals surface area contributed by atoms with Gasteiger partial charge in [-0.25, -0.2) is 0 Å². The smallest absolute Gasteiger partial charge is 0.234 e. The summed E-state index contributed by atoms with van der Waals surface area (Å²) in [4.78, 5) is 12.2. The minimum Gasteiger partial charge on any atom is -0.274 e. The Bertz CT molecular complexity index is 64.7. The van der Waals surface area contributed by atoms with Crippen LogP contribution in [-0.2, 0) is 4.79 Å². The van der Waals surface area contributed by atoms with Crippen molar-refractivity contribution in [1.29, 1.82) is 0 Å². The molecule has 0 unspecified atom stereocenters. The van der Waals surface area contributed by atoms with Crippen molar-refractivity contribution in [1.82, 2.24) is 4.84 Å². The van der Waals surface area contributed by atoms with Crippen LogP contribution in [0.3, 0.4) is 0 Å². The summed E-state index contributed by atoms with van der Waals surface area (Å²) in [6, 6.07) is 0. The van der Waals surface area contributed by atoms with Gasteiger partial charge in [0.2, 0.25) is 5.91 Å². The Morgan fingerprint density at radius 2 is 2.43 bits per heavy atom. The lowest BCUT2D eigenvalue weighted by molar-refractivity contribution is -0.119. The van der Waals surface area contributed by atoms with Gasteiger partial charge in [0, 0.05) is 18.2 Å². The molecule has 7 heavy (non-hydrogen) atoms. The summed E-state index contributed by atoms with van der Waals surface area (Å²) in [6.45, 7) is 1.92. The predicted octanol–water partition coefficient (Wildman–Crippen LogP) is 1.06. The zero-order valence-electron chi connectivity index (χ0n) is 4.20. The molecule has 42 valence electrons. The highest BCUT2D eigenvalue weighted by Gasteiger charge is 1.91. The van der Waals surface area contributed by atoms with Gasteiger partial charge < -0.3 is 0 Å². The van der Waals surface area contributed by atoms with Gasteiger partial charge in [0.15, 0.2) is 0 Å². The molecule has 0 aromatic rings. The topological polar surface area (TPSA) is 29.1 Å². The summed E-state index contributed by atoms with van der Waals surface area (Å²) in [5.41, 5.74) is 0. The molecule has 0 bridgehead atoms. The van der Waals surface area contributed by atoms with Gasteiger partial charge in [0.1, 0.15) is 0 Å². The SMILES string of the molecule is CCCC(=O)NCl. The van der Waals surface area contributed by atoms with Crippen molar-refractivity contribution in [2.45, 2.75) is 19.8 Å². The monoisotopic (exact) mass is 121 g/mol. The normalized spacial score (nSPS) is 8.29. The fraction of sp³-hybridized carbons (Fsp3) is 0.750. The molecule has 0 saturated heterocycles. The van der Waals surface area contributed by atoms with E-state index in [2.05, 4.69) is 0 Å². The highest BCUT2D eigenvalue weighted by atomic mass is 35.5. The van der Waals surface area contributed by atoms with Crippen molar-refractivity contribution in [3.8, 4) is 0 Å². The summed E-state index contributed by atoms with van der Waals surface area (Å²) >= 11 is 4.93. The molecule has 1 amide bonds. The molecular formula is C4H8ClNO. The maximum atomic E-state index is 10.2. The van der Waals surface area contributed by atoms with E-state index >= 15 is 0 Å². The van der Waals surface area contributed by atoms with E-state index in [4.69, 9.17) is 11.8 Å². The molecule has 0 aromatic heterocycles. The van der Waals surface area contributed by atoms with Crippen LogP contribution in [-0.4, -0.2) is 5.91 Å². The zero-order valence-corrected chi connectivity index (χ0v) is 4.96. The third kappa shape index (κ3) is 3.59. The minimum atomic E-state index is -0.107. The number of halogens is 1. The van der Waals surface area contributed by atoms with E-state index in [1.165, 1.54) is 0 Å². The first-order chi connectivity index (χ1) is 3.31. The molecule has 2 nitrogen and oxygen atoms in total. The van der Waals surface area contributed by atoms with Gasteiger partial charge in [-0.15, -0.1) is 0 Å². The van der Waals surface area contributed by atoms with Gasteiger partial charge in [-0.05, 0) is 6.42 Å². The number of hydrogen-bond donors (Lipinski definition) is 1.